The summed E-state index contributed by atoms with van der Waals surface area (Å²) in [5.41, 5.74) is 2.13. The number of halogens is 2. The SMILES string of the molecule is CC(NC(=O)c1ccc2c(c1)[nH]c(=O)n2C)c1ccc(Oc2ccc(F)cc2F)nc1. The smallest absolute Gasteiger partial charge is 0.326 e. The number of fused-ring (bicyclic) bond motifs is 1. The zero-order valence-corrected chi connectivity index (χ0v) is 16.6. The Morgan fingerprint density at radius 1 is 1.16 bits per heavy atom. The molecule has 0 fully saturated rings. The van der Waals surface area contributed by atoms with Crippen molar-refractivity contribution in [2.45, 2.75) is 13.0 Å². The maximum atomic E-state index is 13.7. The van der Waals surface area contributed by atoms with Gasteiger partial charge in [0.05, 0.1) is 17.1 Å². The van der Waals surface area contributed by atoms with E-state index in [4.69, 9.17) is 4.74 Å². The summed E-state index contributed by atoms with van der Waals surface area (Å²) >= 11 is 0. The van der Waals surface area contributed by atoms with Crippen molar-refractivity contribution in [2.24, 2.45) is 7.05 Å². The lowest BCUT2D eigenvalue weighted by Crippen LogP contribution is -2.26. The zero-order valence-electron chi connectivity index (χ0n) is 16.6. The van der Waals surface area contributed by atoms with Gasteiger partial charge in [0.25, 0.3) is 5.91 Å². The van der Waals surface area contributed by atoms with Crippen molar-refractivity contribution in [2.75, 3.05) is 0 Å². The maximum absolute atomic E-state index is 13.7. The lowest BCUT2D eigenvalue weighted by molar-refractivity contribution is 0.0940. The van der Waals surface area contributed by atoms with E-state index in [9.17, 15) is 18.4 Å². The minimum atomic E-state index is -0.830. The summed E-state index contributed by atoms with van der Waals surface area (Å²) in [6.45, 7) is 1.79. The standard InChI is InChI=1S/C22H18F2N4O3/c1-12(26-21(29)13-3-6-18-17(9-13)27-22(30)28(18)2)14-4-8-20(25-11-14)31-19-7-5-15(23)10-16(19)24/h3-12H,1-2H3,(H,26,29)(H,27,30). The van der Waals surface area contributed by atoms with Gasteiger partial charge in [-0.25, -0.2) is 18.6 Å². The quantitative estimate of drug-likeness (QED) is 0.510. The van der Waals surface area contributed by atoms with Gasteiger partial charge in [-0.3, -0.25) is 9.36 Å². The summed E-state index contributed by atoms with van der Waals surface area (Å²) in [6.07, 6.45) is 1.50. The van der Waals surface area contributed by atoms with E-state index in [0.717, 1.165) is 12.1 Å². The highest BCUT2D eigenvalue weighted by Crippen LogP contribution is 2.24. The zero-order chi connectivity index (χ0) is 22.1. The highest BCUT2D eigenvalue weighted by atomic mass is 19.1. The number of benzene rings is 2. The van der Waals surface area contributed by atoms with Crippen molar-refractivity contribution >= 4 is 16.9 Å². The first-order chi connectivity index (χ1) is 14.8. The number of hydrogen-bond donors (Lipinski definition) is 2. The minimum absolute atomic E-state index is 0.131. The first-order valence-electron chi connectivity index (χ1n) is 9.40. The molecule has 0 radical (unpaired) electrons. The van der Waals surface area contributed by atoms with Crippen LogP contribution in [0.1, 0.15) is 28.9 Å². The molecule has 1 amide bonds. The van der Waals surface area contributed by atoms with Gasteiger partial charge in [-0.05, 0) is 42.8 Å². The van der Waals surface area contributed by atoms with Gasteiger partial charge in [0.1, 0.15) is 5.82 Å². The van der Waals surface area contributed by atoms with Crippen LogP contribution >= 0.6 is 0 Å². The van der Waals surface area contributed by atoms with Crippen molar-refractivity contribution in [1.29, 1.82) is 0 Å². The molecule has 158 valence electrons. The molecule has 0 aliphatic heterocycles. The monoisotopic (exact) mass is 424 g/mol. The molecule has 1 atom stereocenters. The van der Waals surface area contributed by atoms with Crippen molar-refractivity contribution in [3.05, 3.63) is 88.0 Å². The summed E-state index contributed by atoms with van der Waals surface area (Å²) in [6, 6.07) is 10.8. The molecule has 2 N–H and O–H groups in total. The van der Waals surface area contributed by atoms with Gasteiger partial charge in [0.2, 0.25) is 5.88 Å². The Hall–Kier alpha value is -4.01. The lowest BCUT2D eigenvalue weighted by Gasteiger charge is -2.15. The number of aromatic amines is 1. The predicted molar refractivity (Wildman–Crippen MR) is 110 cm³/mol. The third-order valence-electron chi connectivity index (χ3n) is 4.88. The Morgan fingerprint density at radius 3 is 2.68 bits per heavy atom. The fraction of sp³-hybridized carbons (Fsp3) is 0.136. The first kappa shape index (κ1) is 20.3. The van der Waals surface area contributed by atoms with E-state index in [1.165, 1.54) is 22.9 Å². The third-order valence-corrected chi connectivity index (χ3v) is 4.88. The Labute approximate surface area is 175 Å². The van der Waals surface area contributed by atoms with E-state index >= 15 is 0 Å². The molecule has 9 heteroatoms. The Bertz CT molecular complexity index is 1330. The number of imidazole rings is 1. The largest absolute Gasteiger partial charge is 0.436 e. The molecule has 2 aromatic carbocycles. The molecule has 0 saturated carbocycles. The van der Waals surface area contributed by atoms with Gasteiger partial charge in [-0.15, -0.1) is 0 Å². The molecular weight excluding hydrogens is 406 g/mol. The van der Waals surface area contributed by atoms with Gasteiger partial charge < -0.3 is 15.0 Å². The van der Waals surface area contributed by atoms with Crippen LogP contribution in [0.3, 0.4) is 0 Å². The van der Waals surface area contributed by atoms with Crippen LogP contribution < -0.4 is 15.7 Å². The molecular formula is C22H18F2N4O3. The highest BCUT2D eigenvalue weighted by molar-refractivity contribution is 5.97. The van der Waals surface area contributed by atoms with Gasteiger partial charge in [0.15, 0.2) is 11.6 Å². The first-order valence-corrected chi connectivity index (χ1v) is 9.40. The van der Waals surface area contributed by atoms with Crippen molar-refractivity contribution < 1.29 is 18.3 Å². The minimum Gasteiger partial charge on any atom is -0.436 e. The average Bonchev–Trinajstić information content (AvgIpc) is 3.03. The average molecular weight is 424 g/mol. The molecule has 0 aliphatic rings. The lowest BCUT2D eigenvalue weighted by atomic mass is 10.1. The second-order valence-electron chi connectivity index (χ2n) is 7.02. The molecule has 2 heterocycles. The van der Waals surface area contributed by atoms with Crippen molar-refractivity contribution in [1.82, 2.24) is 19.9 Å². The summed E-state index contributed by atoms with van der Waals surface area (Å²) in [5.74, 6) is -1.85. The number of pyridine rings is 1. The number of carbonyl (C=O) groups excluding carboxylic acids is 1. The summed E-state index contributed by atoms with van der Waals surface area (Å²) < 4.78 is 33.5. The van der Waals surface area contributed by atoms with Crippen molar-refractivity contribution in [3.8, 4) is 11.6 Å². The molecule has 4 rings (SSSR count). The molecule has 31 heavy (non-hydrogen) atoms. The number of hydrogen-bond acceptors (Lipinski definition) is 4. The van der Waals surface area contributed by atoms with Gasteiger partial charge in [0, 0.05) is 30.9 Å². The van der Waals surface area contributed by atoms with Crippen LogP contribution in [-0.2, 0) is 7.05 Å². The van der Waals surface area contributed by atoms with Crippen LogP contribution in [-0.4, -0.2) is 20.4 Å². The Morgan fingerprint density at radius 2 is 1.97 bits per heavy atom. The molecule has 7 nitrogen and oxygen atoms in total. The van der Waals surface area contributed by atoms with Gasteiger partial charge in [-0.1, -0.05) is 6.07 Å². The maximum Gasteiger partial charge on any atom is 0.326 e. The summed E-state index contributed by atoms with van der Waals surface area (Å²) in [5, 5.41) is 2.86. The van der Waals surface area contributed by atoms with Gasteiger partial charge >= 0.3 is 5.69 Å². The number of ether oxygens (including phenoxy) is 1. The number of aryl methyl sites for hydroxylation is 1. The van der Waals surface area contributed by atoms with Crippen LogP contribution in [0.15, 0.2) is 59.5 Å². The van der Waals surface area contributed by atoms with E-state index < -0.39 is 11.6 Å². The Balaban J connectivity index is 1.45. The fourth-order valence-electron chi connectivity index (χ4n) is 3.12. The van der Waals surface area contributed by atoms with Crippen LogP contribution in [0.25, 0.3) is 11.0 Å². The number of nitrogens with zero attached hydrogens (tertiary/aromatic N) is 2. The summed E-state index contributed by atoms with van der Waals surface area (Å²) in [7, 11) is 1.65. The number of H-pyrrole nitrogens is 1. The molecule has 4 aromatic rings. The number of nitrogens with one attached hydrogen (secondary N) is 2. The third kappa shape index (κ3) is 4.16. The summed E-state index contributed by atoms with van der Waals surface area (Å²) in [4.78, 5) is 31.1. The highest BCUT2D eigenvalue weighted by Gasteiger charge is 2.14. The number of aromatic nitrogens is 3. The topological polar surface area (TPSA) is 89.0 Å². The number of carbonyl (C=O) groups is 1. The normalized spacial score (nSPS) is 12.0. The van der Waals surface area contributed by atoms with Crippen LogP contribution in [0.2, 0.25) is 0 Å². The second-order valence-corrected chi connectivity index (χ2v) is 7.02. The number of rotatable bonds is 5. The molecule has 1 unspecified atom stereocenters. The van der Waals surface area contributed by atoms with E-state index in [0.29, 0.717) is 22.2 Å². The molecule has 2 aromatic heterocycles. The van der Waals surface area contributed by atoms with Gasteiger partial charge in [-0.2, -0.15) is 0 Å². The Kier molecular flexibility index (Phi) is 5.24. The van der Waals surface area contributed by atoms with Crippen LogP contribution in [0.4, 0.5) is 8.78 Å². The fourth-order valence-corrected chi connectivity index (χ4v) is 3.12. The van der Waals surface area contributed by atoms with E-state index in [1.807, 2.05) is 0 Å². The van der Waals surface area contributed by atoms with Crippen LogP contribution in [0, 0.1) is 11.6 Å². The van der Waals surface area contributed by atoms with E-state index in [1.54, 1.807) is 38.2 Å². The predicted octanol–water partition coefficient (Wildman–Crippen LogP) is 3.82. The molecule has 0 aliphatic carbocycles. The molecule has 0 saturated heterocycles. The van der Waals surface area contributed by atoms with Crippen LogP contribution in [0.5, 0.6) is 11.6 Å². The molecule has 0 spiro atoms. The molecule has 0 bridgehead atoms. The van der Waals surface area contributed by atoms with E-state index in [-0.39, 0.29) is 29.3 Å². The van der Waals surface area contributed by atoms with Crippen molar-refractivity contribution in [3.63, 3.8) is 0 Å². The number of amides is 1. The second kappa shape index (κ2) is 8.02. The van der Waals surface area contributed by atoms with E-state index in [2.05, 4.69) is 15.3 Å².